The Labute approximate surface area is 172 Å². The van der Waals surface area contributed by atoms with Crippen molar-refractivity contribution in [1.29, 1.82) is 0 Å². The average molecular weight is 398 g/mol. The minimum atomic E-state index is 0.00502. The maximum atomic E-state index is 13.0. The van der Waals surface area contributed by atoms with Crippen LogP contribution in [0, 0.1) is 6.92 Å². The number of likely N-dealkylation sites (tertiary alicyclic amines) is 1. The van der Waals surface area contributed by atoms with Gasteiger partial charge in [0, 0.05) is 13.1 Å². The summed E-state index contributed by atoms with van der Waals surface area (Å²) in [4.78, 5) is 14.9. The molecule has 0 spiro atoms. The van der Waals surface area contributed by atoms with Gasteiger partial charge < -0.3 is 15.0 Å². The number of amides is 1. The zero-order chi connectivity index (χ0) is 20.1. The number of rotatable bonds is 6. The SMILES string of the molecule is Cc1c(C(=O)N2CCC(OCCc3ccccc3)CC2)nnn1C1CCNCC1. The summed E-state index contributed by atoms with van der Waals surface area (Å²) in [6, 6.07) is 10.7. The van der Waals surface area contributed by atoms with E-state index in [4.69, 9.17) is 4.74 Å². The Morgan fingerprint density at radius 1 is 1.14 bits per heavy atom. The fourth-order valence-corrected chi connectivity index (χ4v) is 4.30. The number of hydrogen-bond donors (Lipinski definition) is 1. The summed E-state index contributed by atoms with van der Waals surface area (Å²) in [5, 5.41) is 11.9. The normalized spacial score (nSPS) is 18.9. The number of ether oxygens (including phenoxy) is 1. The molecule has 3 heterocycles. The third kappa shape index (κ3) is 4.85. The van der Waals surface area contributed by atoms with E-state index >= 15 is 0 Å². The van der Waals surface area contributed by atoms with Gasteiger partial charge in [0.05, 0.1) is 24.4 Å². The van der Waals surface area contributed by atoms with E-state index in [1.807, 2.05) is 22.6 Å². The number of benzene rings is 1. The standard InChI is InChI=1S/C22H31N5O2/c1-17-21(24-25-27(17)19-7-12-23-13-8-19)22(28)26-14-9-20(10-15-26)29-16-11-18-5-3-2-4-6-18/h2-6,19-20,23H,7-16H2,1H3. The Kier molecular flexibility index (Phi) is 6.56. The topological polar surface area (TPSA) is 72.3 Å². The van der Waals surface area contributed by atoms with Crippen LogP contribution in [-0.2, 0) is 11.2 Å². The van der Waals surface area contributed by atoms with Gasteiger partial charge in [-0.2, -0.15) is 0 Å². The fraction of sp³-hybridized carbons (Fsp3) is 0.591. The summed E-state index contributed by atoms with van der Waals surface area (Å²) in [6.45, 7) is 6.11. The number of piperidine rings is 2. The van der Waals surface area contributed by atoms with Gasteiger partial charge in [-0.3, -0.25) is 4.79 Å². The van der Waals surface area contributed by atoms with E-state index in [9.17, 15) is 4.79 Å². The molecule has 1 N–H and O–H groups in total. The van der Waals surface area contributed by atoms with Crippen molar-refractivity contribution >= 4 is 5.91 Å². The molecule has 1 aromatic heterocycles. The molecule has 2 aromatic rings. The highest BCUT2D eigenvalue weighted by atomic mass is 16.5. The Morgan fingerprint density at radius 3 is 2.59 bits per heavy atom. The number of nitrogens with one attached hydrogen (secondary N) is 1. The minimum absolute atomic E-state index is 0.00502. The third-order valence-corrected chi connectivity index (χ3v) is 6.10. The molecule has 2 aliphatic rings. The predicted molar refractivity (Wildman–Crippen MR) is 111 cm³/mol. The van der Waals surface area contributed by atoms with E-state index in [0.717, 1.165) is 57.5 Å². The van der Waals surface area contributed by atoms with E-state index < -0.39 is 0 Å². The summed E-state index contributed by atoms with van der Waals surface area (Å²) in [5.74, 6) is 0.00502. The van der Waals surface area contributed by atoms with Gasteiger partial charge in [0.15, 0.2) is 5.69 Å². The van der Waals surface area contributed by atoms with Crippen molar-refractivity contribution in [3.8, 4) is 0 Å². The number of hydrogen-bond acceptors (Lipinski definition) is 5. The highest BCUT2D eigenvalue weighted by Gasteiger charge is 2.29. The summed E-state index contributed by atoms with van der Waals surface area (Å²) >= 11 is 0. The molecule has 0 radical (unpaired) electrons. The molecule has 2 fully saturated rings. The largest absolute Gasteiger partial charge is 0.378 e. The summed E-state index contributed by atoms with van der Waals surface area (Å²) in [5.41, 5.74) is 2.70. The smallest absolute Gasteiger partial charge is 0.276 e. The molecule has 7 heteroatoms. The molecule has 29 heavy (non-hydrogen) atoms. The average Bonchev–Trinajstić information content (AvgIpc) is 3.16. The van der Waals surface area contributed by atoms with Crippen molar-refractivity contribution in [2.45, 2.75) is 51.2 Å². The minimum Gasteiger partial charge on any atom is -0.378 e. The zero-order valence-corrected chi connectivity index (χ0v) is 17.2. The van der Waals surface area contributed by atoms with Crippen molar-refractivity contribution in [2.75, 3.05) is 32.8 Å². The lowest BCUT2D eigenvalue weighted by Crippen LogP contribution is -2.41. The van der Waals surface area contributed by atoms with Crippen LogP contribution in [0.5, 0.6) is 0 Å². The van der Waals surface area contributed by atoms with E-state index in [-0.39, 0.29) is 12.0 Å². The van der Waals surface area contributed by atoms with Gasteiger partial charge in [-0.25, -0.2) is 4.68 Å². The lowest BCUT2D eigenvalue weighted by Gasteiger charge is -2.31. The molecule has 4 rings (SSSR count). The lowest BCUT2D eigenvalue weighted by atomic mass is 10.1. The number of nitrogens with zero attached hydrogens (tertiary/aromatic N) is 4. The molecule has 0 unspecified atom stereocenters. The third-order valence-electron chi connectivity index (χ3n) is 6.10. The molecule has 0 aliphatic carbocycles. The Morgan fingerprint density at radius 2 is 1.86 bits per heavy atom. The van der Waals surface area contributed by atoms with Crippen LogP contribution in [0.3, 0.4) is 0 Å². The van der Waals surface area contributed by atoms with E-state index in [0.29, 0.717) is 24.8 Å². The first-order valence-corrected chi connectivity index (χ1v) is 10.8. The van der Waals surface area contributed by atoms with Gasteiger partial charge in [-0.05, 0) is 57.7 Å². The fourth-order valence-electron chi connectivity index (χ4n) is 4.30. The Bertz CT molecular complexity index is 793. The lowest BCUT2D eigenvalue weighted by molar-refractivity contribution is 0.00986. The van der Waals surface area contributed by atoms with Gasteiger partial charge in [-0.1, -0.05) is 35.5 Å². The van der Waals surface area contributed by atoms with E-state index in [1.54, 1.807) is 0 Å². The van der Waals surface area contributed by atoms with Crippen molar-refractivity contribution in [2.24, 2.45) is 0 Å². The van der Waals surface area contributed by atoms with Crippen LogP contribution in [-0.4, -0.2) is 64.7 Å². The molecular weight excluding hydrogens is 366 g/mol. The van der Waals surface area contributed by atoms with E-state index in [1.165, 1.54) is 5.56 Å². The highest BCUT2D eigenvalue weighted by molar-refractivity contribution is 5.93. The van der Waals surface area contributed by atoms with Gasteiger partial charge in [0.2, 0.25) is 0 Å². The van der Waals surface area contributed by atoms with Gasteiger partial charge in [0.25, 0.3) is 5.91 Å². The Balaban J connectivity index is 1.26. The molecule has 7 nitrogen and oxygen atoms in total. The summed E-state index contributed by atoms with van der Waals surface area (Å²) in [7, 11) is 0. The van der Waals surface area contributed by atoms with Crippen molar-refractivity contribution in [3.05, 3.63) is 47.3 Å². The summed E-state index contributed by atoms with van der Waals surface area (Å²) < 4.78 is 8.00. The molecule has 0 bridgehead atoms. The summed E-state index contributed by atoms with van der Waals surface area (Å²) in [6.07, 6.45) is 4.98. The molecule has 2 saturated heterocycles. The van der Waals surface area contributed by atoms with Crippen molar-refractivity contribution < 1.29 is 9.53 Å². The van der Waals surface area contributed by atoms with Crippen LogP contribution >= 0.6 is 0 Å². The van der Waals surface area contributed by atoms with Crippen molar-refractivity contribution in [1.82, 2.24) is 25.2 Å². The molecule has 0 atom stereocenters. The molecule has 0 saturated carbocycles. The first-order chi connectivity index (χ1) is 14.2. The molecular formula is C22H31N5O2. The maximum Gasteiger partial charge on any atom is 0.276 e. The second-order valence-corrected chi connectivity index (χ2v) is 8.05. The van der Waals surface area contributed by atoms with Gasteiger partial charge in [0.1, 0.15) is 0 Å². The second-order valence-electron chi connectivity index (χ2n) is 8.05. The number of carbonyl (C=O) groups is 1. The van der Waals surface area contributed by atoms with Crippen LogP contribution in [0.15, 0.2) is 30.3 Å². The van der Waals surface area contributed by atoms with Crippen LogP contribution < -0.4 is 5.32 Å². The predicted octanol–water partition coefficient (Wildman–Crippen LogP) is 2.37. The quantitative estimate of drug-likeness (QED) is 0.810. The van der Waals surface area contributed by atoms with Gasteiger partial charge >= 0.3 is 0 Å². The van der Waals surface area contributed by atoms with Gasteiger partial charge in [-0.15, -0.1) is 5.10 Å². The molecule has 2 aliphatic heterocycles. The van der Waals surface area contributed by atoms with Crippen LogP contribution in [0.25, 0.3) is 0 Å². The monoisotopic (exact) mass is 397 g/mol. The van der Waals surface area contributed by atoms with Crippen molar-refractivity contribution in [3.63, 3.8) is 0 Å². The van der Waals surface area contributed by atoms with Crippen LogP contribution in [0.4, 0.5) is 0 Å². The zero-order valence-electron chi connectivity index (χ0n) is 17.2. The van der Waals surface area contributed by atoms with Crippen LogP contribution in [0.1, 0.15) is 53.5 Å². The Hall–Kier alpha value is -2.25. The maximum absolute atomic E-state index is 13.0. The number of carbonyl (C=O) groups excluding carboxylic acids is 1. The van der Waals surface area contributed by atoms with E-state index in [2.05, 4.69) is 39.9 Å². The van der Waals surface area contributed by atoms with Crippen LogP contribution in [0.2, 0.25) is 0 Å². The molecule has 1 amide bonds. The molecule has 156 valence electrons. The first-order valence-electron chi connectivity index (χ1n) is 10.8. The second kappa shape index (κ2) is 9.50. The highest BCUT2D eigenvalue weighted by Crippen LogP contribution is 2.22. The molecule has 1 aromatic carbocycles. The number of aromatic nitrogens is 3. The first kappa shape index (κ1) is 20.0.